The van der Waals surface area contributed by atoms with E-state index in [1.807, 2.05) is 32.0 Å². The van der Waals surface area contributed by atoms with E-state index in [1.165, 1.54) is 6.92 Å². The number of ketones is 1. The monoisotopic (exact) mass is 396 g/mol. The zero-order valence-corrected chi connectivity index (χ0v) is 16.7. The van der Waals surface area contributed by atoms with Gasteiger partial charge in [-0.2, -0.15) is 0 Å². The highest BCUT2D eigenvalue weighted by Crippen LogP contribution is 2.16. The van der Waals surface area contributed by atoms with Crippen LogP contribution in [0.4, 0.5) is 11.4 Å². The molecule has 0 unspecified atom stereocenters. The molecule has 2 aromatic carbocycles. The fourth-order valence-electron chi connectivity index (χ4n) is 2.53. The van der Waals surface area contributed by atoms with Gasteiger partial charge in [0.2, 0.25) is 5.91 Å². The largest absolute Gasteiger partial charge is 0.456 e. The number of hydrogen-bond donors (Lipinski definition) is 2. The van der Waals surface area contributed by atoms with Crippen LogP contribution in [0.1, 0.15) is 41.3 Å². The SMILES string of the molecule is CC(=O)c1cccc(NC(=O)COC(=O)CCC(=O)Nc2cc(C)ccc2C)c1. The number of nitrogens with one attached hydrogen (secondary N) is 2. The van der Waals surface area contributed by atoms with Gasteiger partial charge in [-0.05, 0) is 50.1 Å². The van der Waals surface area contributed by atoms with Crippen LogP contribution in [0.5, 0.6) is 0 Å². The average Bonchev–Trinajstić information content (AvgIpc) is 2.67. The van der Waals surface area contributed by atoms with E-state index < -0.39 is 18.5 Å². The van der Waals surface area contributed by atoms with Crippen molar-refractivity contribution in [3.05, 3.63) is 59.2 Å². The number of aryl methyl sites for hydroxylation is 2. The summed E-state index contributed by atoms with van der Waals surface area (Å²) >= 11 is 0. The Labute approximate surface area is 169 Å². The van der Waals surface area contributed by atoms with Gasteiger partial charge in [0.1, 0.15) is 0 Å². The number of ether oxygens (including phenoxy) is 1. The summed E-state index contributed by atoms with van der Waals surface area (Å²) in [6, 6.07) is 12.2. The maximum Gasteiger partial charge on any atom is 0.306 e. The zero-order valence-electron chi connectivity index (χ0n) is 16.7. The van der Waals surface area contributed by atoms with E-state index in [4.69, 9.17) is 4.74 Å². The summed E-state index contributed by atoms with van der Waals surface area (Å²) < 4.78 is 4.90. The lowest BCUT2D eigenvalue weighted by atomic mass is 10.1. The lowest BCUT2D eigenvalue weighted by Gasteiger charge is -2.10. The lowest BCUT2D eigenvalue weighted by Crippen LogP contribution is -2.22. The van der Waals surface area contributed by atoms with Crippen molar-refractivity contribution < 1.29 is 23.9 Å². The second-order valence-corrected chi connectivity index (χ2v) is 6.71. The Morgan fingerprint density at radius 3 is 2.38 bits per heavy atom. The van der Waals surface area contributed by atoms with Gasteiger partial charge in [-0.25, -0.2) is 0 Å². The average molecular weight is 396 g/mol. The first kappa shape index (κ1) is 21.8. The first-order valence-electron chi connectivity index (χ1n) is 9.18. The van der Waals surface area contributed by atoms with Gasteiger partial charge in [0.15, 0.2) is 12.4 Å². The molecule has 2 N–H and O–H groups in total. The minimum absolute atomic E-state index is 0.0471. The molecule has 0 spiro atoms. The second kappa shape index (κ2) is 10.2. The van der Waals surface area contributed by atoms with E-state index in [1.54, 1.807) is 24.3 Å². The summed E-state index contributed by atoms with van der Waals surface area (Å²) in [7, 11) is 0. The normalized spacial score (nSPS) is 10.2. The van der Waals surface area contributed by atoms with Gasteiger partial charge in [0, 0.05) is 23.4 Å². The summed E-state index contributed by atoms with van der Waals surface area (Å²) in [6.07, 6.45) is -0.182. The fraction of sp³-hybridized carbons (Fsp3) is 0.273. The van der Waals surface area contributed by atoms with Crippen LogP contribution < -0.4 is 10.6 Å². The Kier molecular flexibility index (Phi) is 7.65. The summed E-state index contributed by atoms with van der Waals surface area (Å²) in [6.45, 7) is 4.77. The summed E-state index contributed by atoms with van der Waals surface area (Å²) in [5.74, 6) is -1.60. The molecule has 0 saturated heterocycles. The van der Waals surface area contributed by atoms with Crippen LogP contribution >= 0.6 is 0 Å². The first-order valence-corrected chi connectivity index (χ1v) is 9.18. The van der Waals surface area contributed by atoms with E-state index in [0.29, 0.717) is 16.9 Å². The smallest absolute Gasteiger partial charge is 0.306 e. The maximum absolute atomic E-state index is 12.0. The van der Waals surface area contributed by atoms with Crippen LogP contribution in [-0.2, 0) is 19.1 Å². The van der Waals surface area contributed by atoms with Crippen LogP contribution in [-0.4, -0.2) is 30.2 Å². The van der Waals surface area contributed by atoms with Crippen molar-refractivity contribution in [3.8, 4) is 0 Å². The van der Waals surface area contributed by atoms with Crippen molar-refractivity contribution in [1.82, 2.24) is 0 Å². The van der Waals surface area contributed by atoms with E-state index in [2.05, 4.69) is 10.6 Å². The van der Waals surface area contributed by atoms with E-state index in [9.17, 15) is 19.2 Å². The predicted molar refractivity (Wildman–Crippen MR) is 110 cm³/mol. The van der Waals surface area contributed by atoms with Crippen molar-refractivity contribution in [2.24, 2.45) is 0 Å². The molecular formula is C22H24N2O5. The molecule has 0 atom stereocenters. The molecule has 152 valence electrons. The Morgan fingerprint density at radius 1 is 0.897 bits per heavy atom. The molecule has 0 bridgehead atoms. The number of benzene rings is 2. The van der Waals surface area contributed by atoms with Gasteiger partial charge >= 0.3 is 5.97 Å². The quantitative estimate of drug-likeness (QED) is 0.526. The molecule has 0 fully saturated rings. The topological polar surface area (TPSA) is 102 Å². The molecule has 0 heterocycles. The molecule has 29 heavy (non-hydrogen) atoms. The Hall–Kier alpha value is -3.48. The molecule has 2 rings (SSSR count). The number of esters is 1. The summed E-state index contributed by atoms with van der Waals surface area (Å²) in [5.41, 5.74) is 3.55. The number of amides is 2. The molecule has 0 aromatic heterocycles. The highest BCUT2D eigenvalue weighted by Gasteiger charge is 2.12. The fourth-order valence-corrected chi connectivity index (χ4v) is 2.53. The predicted octanol–water partition coefficient (Wildman–Crippen LogP) is 3.41. The third-order valence-corrected chi connectivity index (χ3v) is 4.14. The Morgan fingerprint density at radius 2 is 1.66 bits per heavy atom. The summed E-state index contributed by atoms with van der Waals surface area (Å²) in [4.78, 5) is 47.1. The number of carbonyl (C=O) groups is 4. The van der Waals surface area contributed by atoms with Crippen molar-refractivity contribution >= 4 is 34.9 Å². The molecule has 0 aliphatic carbocycles. The molecule has 7 heteroatoms. The third-order valence-electron chi connectivity index (χ3n) is 4.14. The molecule has 0 aliphatic heterocycles. The van der Waals surface area contributed by atoms with Crippen LogP contribution in [0.25, 0.3) is 0 Å². The molecule has 2 aromatic rings. The van der Waals surface area contributed by atoms with E-state index in [0.717, 1.165) is 11.1 Å². The minimum atomic E-state index is -0.645. The summed E-state index contributed by atoms with van der Waals surface area (Å²) in [5, 5.41) is 5.32. The number of hydrogen-bond acceptors (Lipinski definition) is 5. The highest BCUT2D eigenvalue weighted by atomic mass is 16.5. The van der Waals surface area contributed by atoms with Gasteiger partial charge in [-0.1, -0.05) is 24.3 Å². The van der Waals surface area contributed by atoms with Gasteiger partial charge < -0.3 is 15.4 Å². The number of anilines is 2. The maximum atomic E-state index is 12.0. The Balaban J connectivity index is 1.74. The van der Waals surface area contributed by atoms with Crippen molar-refractivity contribution in [2.75, 3.05) is 17.2 Å². The third kappa shape index (κ3) is 7.21. The van der Waals surface area contributed by atoms with Gasteiger partial charge in [-0.15, -0.1) is 0 Å². The standard InChI is InChI=1S/C22H24N2O5/c1-14-7-8-15(2)19(11-14)24-20(26)9-10-22(28)29-13-21(27)23-18-6-4-5-17(12-18)16(3)25/h4-8,11-12H,9-10,13H2,1-3H3,(H,23,27)(H,24,26). The van der Waals surface area contributed by atoms with Gasteiger partial charge in [-0.3, -0.25) is 19.2 Å². The zero-order chi connectivity index (χ0) is 21.4. The lowest BCUT2D eigenvalue weighted by molar-refractivity contribution is -0.147. The molecule has 0 radical (unpaired) electrons. The van der Waals surface area contributed by atoms with Crippen LogP contribution in [0, 0.1) is 13.8 Å². The van der Waals surface area contributed by atoms with E-state index in [-0.39, 0.29) is 24.5 Å². The van der Waals surface area contributed by atoms with Gasteiger partial charge in [0.25, 0.3) is 5.91 Å². The molecule has 0 saturated carbocycles. The number of rotatable bonds is 8. The van der Waals surface area contributed by atoms with Crippen molar-refractivity contribution in [2.45, 2.75) is 33.6 Å². The molecule has 2 amide bonds. The number of carbonyl (C=O) groups excluding carboxylic acids is 4. The van der Waals surface area contributed by atoms with Crippen molar-refractivity contribution in [3.63, 3.8) is 0 Å². The molecule has 7 nitrogen and oxygen atoms in total. The van der Waals surface area contributed by atoms with Crippen LogP contribution in [0.3, 0.4) is 0 Å². The molecular weight excluding hydrogens is 372 g/mol. The van der Waals surface area contributed by atoms with Gasteiger partial charge in [0.05, 0.1) is 6.42 Å². The number of Topliss-reactive ketones (excluding diaryl/α,β-unsaturated/α-hetero) is 1. The Bertz CT molecular complexity index is 937. The highest BCUT2D eigenvalue weighted by molar-refractivity contribution is 5.98. The second-order valence-electron chi connectivity index (χ2n) is 6.71. The van der Waals surface area contributed by atoms with Crippen LogP contribution in [0.2, 0.25) is 0 Å². The van der Waals surface area contributed by atoms with Crippen LogP contribution in [0.15, 0.2) is 42.5 Å². The van der Waals surface area contributed by atoms with E-state index >= 15 is 0 Å². The first-order chi connectivity index (χ1) is 13.7. The molecule has 0 aliphatic rings. The van der Waals surface area contributed by atoms with Crippen molar-refractivity contribution in [1.29, 1.82) is 0 Å². The minimum Gasteiger partial charge on any atom is -0.456 e.